The Labute approximate surface area is 107 Å². The van der Waals surface area contributed by atoms with Crippen LogP contribution in [-0.4, -0.2) is 10.4 Å². The van der Waals surface area contributed by atoms with Gasteiger partial charge in [-0.1, -0.05) is 30.3 Å². The summed E-state index contributed by atoms with van der Waals surface area (Å²) in [5.74, 6) is 0.314. The number of carbonyl (C=O) groups excluding carboxylic acids is 1. The summed E-state index contributed by atoms with van der Waals surface area (Å²) in [5, 5.41) is 0. The number of ketones is 1. The Bertz CT molecular complexity index is 554. The van der Waals surface area contributed by atoms with E-state index in [4.69, 9.17) is 0 Å². The fourth-order valence-corrected chi connectivity index (χ4v) is 2.70. The summed E-state index contributed by atoms with van der Waals surface area (Å²) < 4.78 is 2.13. The molecular weight excluding hydrogens is 222 g/mol. The topological polar surface area (TPSA) is 22.0 Å². The average molecular weight is 239 g/mol. The van der Waals surface area contributed by atoms with E-state index >= 15 is 0 Å². The Morgan fingerprint density at radius 1 is 1.06 bits per heavy atom. The molecule has 2 aromatic rings. The maximum absolute atomic E-state index is 12.0. The third kappa shape index (κ3) is 2.10. The molecule has 18 heavy (non-hydrogen) atoms. The second-order valence-electron chi connectivity index (χ2n) is 4.90. The zero-order chi connectivity index (χ0) is 12.4. The molecule has 1 aliphatic rings. The molecule has 2 nitrogen and oxygen atoms in total. The Kier molecular flexibility index (Phi) is 3.01. The fourth-order valence-electron chi connectivity index (χ4n) is 2.70. The fraction of sp³-hybridized carbons (Fsp3) is 0.312. The van der Waals surface area contributed by atoms with Crippen LogP contribution in [0.1, 0.15) is 34.5 Å². The summed E-state index contributed by atoms with van der Waals surface area (Å²) >= 11 is 0. The number of carbonyl (C=O) groups is 1. The minimum atomic E-state index is 0.314. The molecule has 0 N–H and O–H groups in total. The van der Waals surface area contributed by atoms with Crippen LogP contribution in [0.5, 0.6) is 0 Å². The van der Waals surface area contributed by atoms with Crippen molar-refractivity contribution < 1.29 is 4.79 Å². The van der Waals surface area contributed by atoms with E-state index in [0.29, 0.717) is 12.2 Å². The van der Waals surface area contributed by atoms with Crippen molar-refractivity contribution in [3.8, 4) is 0 Å². The second kappa shape index (κ2) is 4.81. The molecular formula is C16H17NO. The number of nitrogens with zero attached hydrogens (tertiary/aromatic N) is 1. The van der Waals surface area contributed by atoms with Crippen molar-refractivity contribution in [1.82, 2.24) is 4.57 Å². The number of aryl methyl sites for hydroxylation is 3. The quantitative estimate of drug-likeness (QED) is 0.806. The molecule has 1 aromatic heterocycles. The number of fused-ring (bicyclic) bond motifs is 1. The Balaban J connectivity index is 1.78. The lowest BCUT2D eigenvalue weighted by molar-refractivity contribution is 0.0963. The van der Waals surface area contributed by atoms with Crippen molar-refractivity contribution in [3.63, 3.8) is 0 Å². The summed E-state index contributed by atoms with van der Waals surface area (Å²) in [4.78, 5) is 12.0. The van der Waals surface area contributed by atoms with Crippen LogP contribution in [0.25, 0.3) is 0 Å². The number of hydrogen-bond acceptors (Lipinski definition) is 1. The molecule has 0 saturated carbocycles. The molecule has 1 aromatic carbocycles. The first kappa shape index (κ1) is 11.3. The summed E-state index contributed by atoms with van der Waals surface area (Å²) in [6.07, 6.45) is 5.82. The molecule has 0 aliphatic heterocycles. The maximum Gasteiger partial charge on any atom is 0.179 e. The largest absolute Gasteiger partial charge is 0.345 e. The Morgan fingerprint density at radius 3 is 2.72 bits per heavy atom. The number of Topliss-reactive ketones (excluding diaryl/α,β-unsaturated/α-hetero) is 1. The number of rotatable bonds is 3. The van der Waals surface area contributed by atoms with Crippen molar-refractivity contribution in [2.45, 2.75) is 32.2 Å². The van der Waals surface area contributed by atoms with E-state index in [2.05, 4.69) is 41.1 Å². The van der Waals surface area contributed by atoms with Gasteiger partial charge in [0.05, 0.1) is 5.69 Å². The minimum Gasteiger partial charge on any atom is -0.345 e. The third-order valence-electron chi connectivity index (χ3n) is 3.65. The van der Waals surface area contributed by atoms with Crippen LogP contribution in [0.15, 0.2) is 42.6 Å². The summed E-state index contributed by atoms with van der Waals surface area (Å²) in [6, 6.07) is 12.5. The van der Waals surface area contributed by atoms with E-state index in [-0.39, 0.29) is 0 Å². The molecule has 0 radical (unpaired) electrons. The zero-order valence-corrected chi connectivity index (χ0v) is 10.4. The van der Waals surface area contributed by atoms with Crippen LogP contribution >= 0.6 is 0 Å². The van der Waals surface area contributed by atoms with E-state index in [9.17, 15) is 4.79 Å². The molecule has 0 saturated heterocycles. The molecule has 0 unspecified atom stereocenters. The third-order valence-corrected chi connectivity index (χ3v) is 3.65. The Hall–Kier alpha value is -1.83. The predicted molar refractivity (Wildman–Crippen MR) is 71.8 cm³/mol. The van der Waals surface area contributed by atoms with Crippen molar-refractivity contribution in [2.75, 3.05) is 0 Å². The van der Waals surface area contributed by atoms with E-state index in [1.54, 1.807) is 0 Å². The van der Waals surface area contributed by atoms with Gasteiger partial charge in [-0.25, -0.2) is 0 Å². The molecule has 0 spiro atoms. The van der Waals surface area contributed by atoms with Crippen molar-refractivity contribution in [1.29, 1.82) is 0 Å². The van der Waals surface area contributed by atoms with Gasteiger partial charge < -0.3 is 4.57 Å². The van der Waals surface area contributed by atoms with Crippen LogP contribution in [-0.2, 0) is 19.4 Å². The molecule has 0 amide bonds. The van der Waals surface area contributed by atoms with Gasteiger partial charge in [0.2, 0.25) is 0 Å². The molecule has 0 fully saturated rings. The van der Waals surface area contributed by atoms with Gasteiger partial charge in [-0.05, 0) is 36.5 Å². The minimum absolute atomic E-state index is 0.314. The van der Waals surface area contributed by atoms with Crippen LogP contribution in [0.2, 0.25) is 0 Å². The SMILES string of the molecule is O=C1CCCc2ccn(CCc3ccccc3)c21. The first-order chi connectivity index (χ1) is 8.84. The molecule has 0 bridgehead atoms. The van der Waals surface area contributed by atoms with E-state index in [1.165, 1.54) is 11.1 Å². The van der Waals surface area contributed by atoms with Gasteiger partial charge in [-0.2, -0.15) is 0 Å². The standard InChI is InChI=1S/C16H17NO/c18-15-8-4-7-14-10-12-17(16(14)15)11-9-13-5-2-1-3-6-13/h1-3,5-6,10,12H,4,7-9,11H2. The molecule has 0 atom stereocenters. The lowest BCUT2D eigenvalue weighted by atomic mass is 9.97. The van der Waals surface area contributed by atoms with Crippen LogP contribution < -0.4 is 0 Å². The van der Waals surface area contributed by atoms with Gasteiger partial charge in [-0.3, -0.25) is 4.79 Å². The average Bonchev–Trinajstić information content (AvgIpc) is 2.82. The van der Waals surface area contributed by atoms with Gasteiger partial charge in [-0.15, -0.1) is 0 Å². The van der Waals surface area contributed by atoms with Crippen LogP contribution in [0.3, 0.4) is 0 Å². The molecule has 3 rings (SSSR count). The summed E-state index contributed by atoms with van der Waals surface area (Å²) in [6.45, 7) is 0.894. The first-order valence-corrected chi connectivity index (χ1v) is 6.60. The number of benzene rings is 1. The highest BCUT2D eigenvalue weighted by Crippen LogP contribution is 2.22. The summed E-state index contributed by atoms with van der Waals surface area (Å²) in [7, 11) is 0. The van der Waals surface area contributed by atoms with Crippen molar-refractivity contribution in [2.24, 2.45) is 0 Å². The smallest absolute Gasteiger partial charge is 0.179 e. The van der Waals surface area contributed by atoms with Gasteiger partial charge in [0.25, 0.3) is 0 Å². The van der Waals surface area contributed by atoms with Crippen LogP contribution in [0.4, 0.5) is 0 Å². The highest BCUT2D eigenvalue weighted by molar-refractivity contribution is 5.97. The van der Waals surface area contributed by atoms with Gasteiger partial charge in [0.1, 0.15) is 0 Å². The molecule has 92 valence electrons. The monoisotopic (exact) mass is 239 g/mol. The van der Waals surface area contributed by atoms with Gasteiger partial charge in [0.15, 0.2) is 5.78 Å². The maximum atomic E-state index is 12.0. The molecule has 1 aliphatic carbocycles. The lowest BCUT2D eigenvalue weighted by Crippen LogP contribution is -2.15. The van der Waals surface area contributed by atoms with E-state index < -0.39 is 0 Å². The number of aromatic nitrogens is 1. The lowest BCUT2D eigenvalue weighted by Gasteiger charge is -2.14. The second-order valence-corrected chi connectivity index (χ2v) is 4.90. The summed E-state index contributed by atoms with van der Waals surface area (Å²) in [5.41, 5.74) is 3.51. The zero-order valence-electron chi connectivity index (χ0n) is 10.4. The predicted octanol–water partition coefficient (Wildman–Crippen LogP) is 3.25. The molecule has 2 heteroatoms. The molecule has 1 heterocycles. The highest BCUT2D eigenvalue weighted by Gasteiger charge is 2.20. The van der Waals surface area contributed by atoms with Crippen molar-refractivity contribution in [3.05, 3.63) is 59.4 Å². The van der Waals surface area contributed by atoms with E-state index in [1.807, 2.05) is 6.07 Å². The first-order valence-electron chi connectivity index (χ1n) is 6.60. The normalized spacial score (nSPS) is 14.6. The Morgan fingerprint density at radius 2 is 1.89 bits per heavy atom. The van der Waals surface area contributed by atoms with Crippen molar-refractivity contribution >= 4 is 5.78 Å². The van der Waals surface area contributed by atoms with Gasteiger partial charge in [0, 0.05) is 19.2 Å². The van der Waals surface area contributed by atoms with Crippen LogP contribution in [0, 0.1) is 0 Å². The number of hydrogen-bond donors (Lipinski definition) is 0. The highest BCUT2D eigenvalue weighted by atomic mass is 16.1. The van der Waals surface area contributed by atoms with Gasteiger partial charge >= 0.3 is 0 Å². The van der Waals surface area contributed by atoms with E-state index in [0.717, 1.165) is 31.5 Å².